The molecule has 2 aromatic heterocycles. The number of nitrogens with one attached hydrogen (secondary N) is 2. The number of rotatable bonds is 5. The molecule has 0 unspecified atom stereocenters. The molecular weight excluding hydrogens is 458 g/mol. The van der Waals surface area contributed by atoms with Crippen LogP contribution < -0.4 is 16.0 Å². The first-order valence-corrected chi connectivity index (χ1v) is 12.4. The second-order valence-electron chi connectivity index (χ2n) is 8.13. The number of aromatic amines is 1. The highest BCUT2D eigenvalue weighted by atomic mass is 32.2. The highest BCUT2D eigenvalue weighted by Gasteiger charge is 2.31. The molecule has 0 saturated carbocycles. The Bertz CT molecular complexity index is 1300. The molecular formula is C22H25N7O4S. The summed E-state index contributed by atoms with van der Waals surface area (Å²) < 4.78 is 32.8. The standard InChI is InChI=1S/C22H25N7O4S/c23-19-12-15(28-8-10-33-11-9-28)3-4-17(19)22(30)25-21-18-14-29(7-5-20(18)26-27-21)34(31,32)16-2-1-6-24-13-16/h1-4,6,12-13H,5,7-11,14,23H2,(H2,25,26,27,30). The number of nitrogens with two attached hydrogens (primary N) is 1. The van der Waals surface area contributed by atoms with Crippen molar-refractivity contribution in [2.24, 2.45) is 0 Å². The molecule has 0 aliphatic carbocycles. The molecule has 2 aliphatic heterocycles. The zero-order valence-corrected chi connectivity index (χ0v) is 19.2. The van der Waals surface area contributed by atoms with E-state index in [-0.39, 0.29) is 11.4 Å². The molecule has 5 rings (SSSR count). The van der Waals surface area contributed by atoms with E-state index in [0.717, 1.165) is 24.5 Å². The number of carbonyl (C=O) groups is 1. The Hall–Kier alpha value is -3.48. The number of benzene rings is 1. The van der Waals surface area contributed by atoms with Gasteiger partial charge in [-0.15, -0.1) is 0 Å². The summed E-state index contributed by atoms with van der Waals surface area (Å²) in [6.45, 7) is 3.23. The summed E-state index contributed by atoms with van der Waals surface area (Å²) in [6.07, 6.45) is 3.30. The molecule has 1 saturated heterocycles. The third-order valence-electron chi connectivity index (χ3n) is 6.06. The van der Waals surface area contributed by atoms with Crippen LogP contribution in [0.15, 0.2) is 47.6 Å². The number of H-pyrrole nitrogens is 1. The van der Waals surface area contributed by atoms with Gasteiger partial charge in [-0.2, -0.15) is 9.40 Å². The van der Waals surface area contributed by atoms with Gasteiger partial charge in [0.25, 0.3) is 5.91 Å². The lowest BCUT2D eigenvalue weighted by molar-refractivity contribution is 0.102. The minimum Gasteiger partial charge on any atom is -0.398 e. The predicted octanol–water partition coefficient (Wildman–Crippen LogP) is 1.22. The molecule has 0 bridgehead atoms. The fraction of sp³-hybridized carbons (Fsp3) is 0.318. The Kier molecular flexibility index (Phi) is 5.94. The average molecular weight is 484 g/mol. The smallest absolute Gasteiger partial charge is 0.258 e. The molecule has 178 valence electrons. The molecule has 4 N–H and O–H groups in total. The molecule has 1 fully saturated rings. The fourth-order valence-corrected chi connectivity index (χ4v) is 5.55. The molecule has 0 spiro atoms. The molecule has 1 amide bonds. The van der Waals surface area contributed by atoms with Crippen LogP contribution >= 0.6 is 0 Å². The Morgan fingerprint density at radius 2 is 2.00 bits per heavy atom. The van der Waals surface area contributed by atoms with E-state index in [4.69, 9.17) is 10.5 Å². The second kappa shape index (κ2) is 9.05. The van der Waals surface area contributed by atoms with Gasteiger partial charge in [0.2, 0.25) is 10.0 Å². The topological polar surface area (TPSA) is 147 Å². The third kappa shape index (κ3) is 4.22. The number of ether oxygens (including phenoxy) is 1. The number of morpholine rings is 1. The number of amides is 1. The van der Waals surface area contributed by atoms with E-state index in [1.807, 2.05) is 6.07 Å². The average Bonchev–Trinajstić information content (AvgIpc) is 3.27. The summed E-state index contributed by atoms with van der Waals surface area (Å²) in [6, 6.07) is 8.43. The molecule has 3 aromatic rings. The van der Waals surface area contributed by atoms with Crippen LogP contribution in [0.3, 0.4) is 0 Å². The maximum Gasteiger partial charge on any atom is 0.258 e. The second-order valence-corrected chi connectivity index (χ2v) is 10.1. The number of aromatic nitrogens is 3. The van der Waals surface area contributed by atoms with Crippen molar-refractivity contribution in [3.05, 3.63) is 59.5 Å². The van der Waals surface area contributed by atoms with Gasteiger partial charge in [0.15, 0.2) is 5.82 Å². The van der Waals surface area contributed by atoms with Crippen molar-refractivity contribution in [2.45, 2.75) is 17.9 Å². The Morgan fingerprint density at radius 1 is 1.18 bits per heavy atom. The molecule has 0 radical (unpaired) electrons. The van der Waals surface area contributed by atoms with Gasteiger partial charge in [-0.05, 0) is 30.3 Å². The van der Waals surface area contributed by atoms with Crippen molar-refractivity contribution in [3.63, 3.8) is 0 Å². The first-order chi connectivity index (χ1) is 16.4. The van der Waals surface area contributed by atoms with E-state index in [1.54, 1.807) is 18.2 Å². The van der Waals surface area contributed by atoms with Gasteiger partial charge in [0.1, 0.15) is 4.90 Å². The van der Waals surface area contributed by atoms with Crippen molar-refractivity contribution >= 4 is 33.1 Å². The van der Waals surface area contributed by atoms with E-state index in [1.165, 1.54) is 22.8 Å². The van der Waals surface area contributed by atoms with Crippen LogP contribution in [0.4, 0.5) is 17.2 Å². The number of fused-ring (bicyclic) bond motifs is 1. The lowest BCUT2D eigenvalue weighted by Crippen LogP contribution is -2.36. The summed E-state index contributed by atoms with van der Waals surface area (Å²) in [5, 5.41) is 9.92. The normalized spacial score (nSPS) is 16.8. The van der Waals surface area contributed by atoms with Crippen molar-refractivity contribution in [1.29, 1.82) is 0 Å². The maximum absolute atomic E-state index is 13.0. The number of hydrogen-bond donors (Lipinski definition) is 3. The van der Waals surface area contributed by atoms with Crippen molar-refractivity contribution < 1.29 is 17.9 Å². The fourth-order valence-electron chi connectivity index (χ4n) is 4.18. The van der Waals surface area contributed by atoms with E-state index >= 15 is 0 Å². The molecule has 2 aliphatic rings. The van der Waals surface area contributed by atoms with Crippen LogP contribution in [0.5, 0.6) is 0 Å². The van der Waals surface area contributed by atoms with E-state index < -0.39 is 15.9 Å². The van der Waals surface area contributed by atoms with E-state index in [0.29, 0.717) is 48.8 Å². The summed E-state index contributed by atoms with van der Waals surface area (Å²) in [5.41, 5.74) is 9.24. The quantitative estimate of drug-likeness (QED) is 0.459. The molecule has 34 heavy (non-hydrogen) atoms. The van der Waals surface area contributed by atoms with Gasteiger partial charge in [-0.25, -0.2) is 8.42 Å². The largest absolute Gasteiger partial charge is 0.398 e. The summed E-state index contributed by atoms with van der Waals surface area (Å²) in [4.78, 5) is 19.2. The third-order valence-corrected chi connectivity index (χ3v) is 7.89. The zero-order valence-electron chi connectivity index (χ0n) is 18.4. The first kappa shape index (κ1) is 22.3. The number of carbonyl (C=O) groups excluding carboxylic acids is 1. The number of nitrogen functional groups attached to an aromatic ring is 1. The van der Waals surface area contributed by atoms with Crippen molar-refractivity contribution in [1.82, 2.24) is 19.5 Å². The molecule has 4 heterocycles. The van der Waals surface area contributed by atoms with Gasteiger partial charge < -0.3 is 20.7 Å². The summed E-state index contributed by atoms with van der Waals surface area (Å²) in [7, 11) is -3.72. The molecule has 0 atom stereocenters. The van der Waals surface area contributed by atoms with Crippen LogP contribution in [0.25, 0.3) is 0 Å². The van der Waals surface area contributed by atoms with Gasteiger partial charge in [-0.3, -0.25) is 14.9 Å². The number of nitrogens with zero attached hydrogens (tertiary/aromatic N) is 4. The van der Waals surface area contributed by atoms with E-state index in [2.05, 4.69) is 25.4 Å². The first-order valence-electron chi connectivity index (χ1n) is 10.9. The highest BCUT2D eigenvalue weighted by molar-refractivity contribution is 7.89. The molecule has 12 heteroatoms. The van der Waals surface area contributed by atoms with Crippen LogP contribution in [-0.2, 0) is 27.7 Å². The minimum atomic E-state index is -3.72. The summed E-state index contributed by atoms with van der Waals surface area (Å²) in [5.74, 6) is -0.115. The maximum atomic E-state index is 13.0. The van der Waals surface area contributed by atoms with Gasteiger partial charge in [0.05, 0.1) is 18.8 Å². The minimum absolute atomic E-state index is 0.0874. The molecule has 11 nitrogen and oxygen atoms in total. The summed E-state index contributed by atoms with van der Waals surface area (Å²) >= 11 is 0. The lowest BCUT2D eigenvalue weighted by Gasteiger charge is -2.29. The number of pyridine rings is 1. The lowest BCUT2D eigenvalue weighted by atomic mass is 10.1. The van der Waals surface area contributed by atoms with Crippen LogP contribution in [0.1, 0.15) is 21.6 Å². The number of sulfonamides is 1. The van der Waals surface area contributed by atoms with E-state index in [9.17, 15) is 13.2 Å². The van der Waals surface area contributed by atoms with Crippen LogP contribution in [0, 0.1) is 0 Å². The Morgan fingerprint density at radius 3 is 2.74 bits per heavy atom. The predicted molar refractivity (Wildman–Crippen MR) is 126 cm³/mol. The Labute approximate surface area is 197 Å². The SMILES string of the molecule is Nc1cc(N2CCOCC2)ccc1C(=O)Nc1n[nH]c2c1CN(S(=O)(=O)c1cccnc1)CC2. The van der Waals surface area contributed by atoms with Gasteiger partial charge in [-0.1, -0.05) is 0 Å². The zero-order chi connectivity index (χ0) is 23.7. The van der Waals surface area contributed by atoms with Crippen molar-refractivity contribution in [3.8, 4) is 0 Å². The van der Waals surface area contributed by atoms with Gasteiger partial charge >= 0.3 is 0 Å². The Balaban J connectivity index is 1.33. The molecule has 1 aromatic carbocycles. The number of hydrogen-bond acceptors (Lipinski definition) is 8. The highest BCUT2D eigenvalue weighted by Crippen LogP contribution is 2.29. The van der Waals surface area contributed by atoms with Crippen molar-refractivity contribution in [2.75, 3.05) is 48.8 Å². The van der Waals surface area contributed by atoms with Gasteiger partial charge in [0, 0.05) is 67.6 Å². The number of anilines is 3. The van der Waals surface area contributed by atoms with Crippen LogP contribution in [-0.4, -0.2) is 66.7 Å². The van der Waals surface area contributed by atoms with Crippen LogP contribution in [0.2, 0.25) is 0 Å². The monoisotopic (exact) mass is 483 g/mol.